The number of rotatable bonds is 4. The molecule has 28 heavy (non-hydrogen) atoms. The van der Waals surface area contributed by atoms with Gasteiger partial charge in [-0.15, -0.1) is 0 Å². The van der Waals surface area contributed by atoms with E-state index in [4.69, 9.17) is 9.47 Å². The molecule has 1 aliphatic heterocycles. The quantitative estimate of drug-likeness (QED) is 0.653. The van der Waals surface area contributed by atoms with Crippen LogP contribution in [-0.2, 0) is 6.54 Å². The molecule has 2 heterocycles. The standard InChI is InChI=1S/C21H20BrN3O3/c1-13-8-14(2)25(24-13)12-15-4-3-5-16(9-15)21(26)23-18-11-20-19(10-17(18)22)27-6-7-28-20/h3-5,8-11H,6-7,12H2,1-2H3,(H,23,26). The molecule has 4 rings (SSSR count). The number of fused-ring (bicyclic) bond motifs is 1. The molecule has 2 aromatic carbocycles. The molecule has 3 aromatic rings. The zero-order valence-corrected chi connectivity index (χ0v) is 17.2. The maximum atomic E-state index is 12.8. The van der Waals surface area contributed by atoms with Crippen molar-refractivity contribution in [3.05, 3.63) is 69.5 Å². The van der Waals surface area contributed by atoms with Crippen molar-refractivity contribution in [3.63, 3.8) is 0 Å². The topological polar surface area (TPSA) is 65.4 Å². The maximum absolute atomic E-state index is 12.8. The van der Waals surface area contributed by atoms with Crippen LogP contribution in [0.15, 0.2) is 46.9 Å². The first kappa shape index (κ1) is 18.6. The van der Waals surface area contributed by atoms with Crippen molar-refractivity contribution in [2.45, 2.75) is 20.4 Å². The van der Waals surface area contributed by atoms with E-state index in [1.165, 1.54) is 0 Å². The lowest BCUT2D eigenvalue weighted by Gasteiger charge is -2.20. The Kier molecular flexibility index (Phi) is 5.09. The lowest BCUT2D eigenvalue weighted by molar-refractivity contribution is 0.102. The van der Waals surface area contributed by atoms with Crippen molar-refractivity contribution in [2.75, 3.05) is 18.5 Å². The van der Waals surface area contributed by atoms with E-state index in [0.29, 0.717) is 42.5 Å². The minimum Gasteiger partial charge on any atom is -0.486 e. The van der Waals surface area contributed by atoms with Crippen LogP contribution in [0.1, 0.15) is 27.3 Å². The van der Waals surface area contributed by atoms with Crippen LogP contribution in [0.4, 0.5) is 5.69 Å². The largest absolute Gasteiger partial charge is 0.486 e. The number of carbonyl (C=O) groups excluding carboxylic acids is 1. The number of halogens is 1. The number of anilines is 1. The average molecular weight is 442 g/mol. The highest BCUT2D eigenvalue weighted by Crippen LogP contribution is 2.38. The molecule has 144 valence electrons. The Balaban J connectivity index is 1.53. The first-order valence-electron chi connectivity index (χ1n) is 9.00. The molecule has 6 nitrogen and oxygen atoms in total. The molecule has 0 fully saturated rings. The van der Waals surface area contributed by atoms with Gasteiger partial charge in [-0.05, 0) is 53.5 Å². The smallest absolute Gasteiger partial charge is 0.255 e. The molecular formula is C21H20BrN3O3. The van der Waals surface area contributed by atoms with Gasteiger partial charge in [-0.1, -0.05) is 12.1 Å². The van der Waals surface area contributed by atoms with Crippen LogP contribution in [0.2, 0.25) is 0 Å². The molecular weight excluding hydrogens is 422 g/mol. The summed E-state index contributed by atoms with van der Waals surface area (Å²) in [6.45, 7) is 5.63. The number of aryl methyl sites for hydroxylation is 2. The summed E-state index contributed by atoms with van der Waals surface area (Å²) < 4.78 is 13.8. The van der Waals surface area contributed by atoms with E-state index in [1.807, 2.05) is 48.9 Å². The highest BCUT2D eigenvalue weighted by Gasteiger charge is 2.17. The fourth-order valence-electron chi connectivity index (χ4n) is 3.17. The van der Waals surface area contributed by atoms with Crippen LogP contribution in [0.25, 0.3) is 0 Å². The second kappa shape index (κ2) is 7.67. The summed E-state index contributed by atoms with van der Waals surface area (Å²) in [6, 6.07) is 13.2. The van der Waals surface area contributed by atoms with E-state index >= 15 is 0 Å². The Labute approximate surface area is 171 Å². The van der Waals surface area contributed by atoms with Gasteiger partial charge in [0.25, 0.3) is 5.91 Å². The third-order valence-electron chi connectivity index (χ3n) is 4.50. The van der Waals surface area contributed by atoms with Gasteiger partial charge in [0.1, 0.15) is 13.2 Å². The zero-order chi connectivity index (χ0) is 19.7. The number of hydrogen-bond donors (Lipinski definition) is 1. The summed E-state index contributed by atoms with van der Waals surface area (Å²) in [4.78, 5) is 12.8. The Bertz CT molecular complexity index is 1050. The SMILES string of the molecule is Cc1cc(C)n(Cc2cccc(C(=O)Nc3cc4c(cc3Br)OCCO4)c2)n1. The Hall–Kier alpha value is -2.80. The number of nitrogens with zero attached hydrogens (tertiary/aromatic N) is 2. The fraction of sp³-hybridized carbons (Fsp3) is 0.238. The zero-order valence-electron chi connectivity index (χ0n) is 15.7. The summed E-state index contributed by atoms with van der Waals surface area (Å²) in [7, 11) is 0. The van der Waals surface area contributed by atoms with E-state index < -0.39 is 0 Å². The maximum Gasteiger partial charge on any atom is 0.255 e. The lowest BCUT2D eigenvalue weighted by Crippen LogP contribution is -2.17. The van der Waals surface area contributed by atoms with Crippen molar-refractivity contribution in [1.29, 1.82) is 0 Å². The number of carbonyl (C=O) groups is 1. The molecule has 0 bridgehead atoms. The van der Waals surface area contributed by atoms with Gasteiger partial charge in [0, 0.05) is 27.9 Å². The molecule has 1 aliphatic rings. The predicted molar refractivity (Wildman–Crippen MR) is 110 cm³/mol. The molecule has 7 heteroatoms. The molecule has 1 aromatic heterocycles. The van der Waals surface area contributed by atoms with E-state index in [1.54, 1.807) is 12.1 Å². The van der Waals surface area contributed by atoms with Gasteiger partial charge in [0.15, 0.2) is 11.5 Å². The summed E-state index contributed by atoms with van der Waals surface area (Å²) >= 11 is 3.48. The van der Waals surface area contributed by atoms with Gasteiger partial charge in [-0.25, -0.2) is 0 Å². The number of ether oxygens (including phenoxy) is 2. The molecule has 0 saturated heterocycles. The molecule has 1 N–H and O–H groups in total. The summed E-state index contributed by atoms with van der Waals surface area (Å²) in [6.07, 6.45) is 0. The Morgan fingerprint density at radius 1 is 1.14 bits per heavy atom. The number of hydrogen-bond acceptors (Lipinski definition) is 4. The molecule has 0 spiro atoms. The molecule has 1 amide bonds. The lowest BCUT2D eigenvalue weighted by atomic mass is 10.1. The highest BCUT2D eigenvalue weighted by molar-refractivity contribution is 9.10. The molecule has 0 aliphatic carbocycles. The van der Waals surface area contributed by atoms with E-state index in [0.717, 1.165) is 21.4 Å². The molecule has 0 saturated carbocycles. The average Bonchev–Trinajstić information content (AvgIpc) is 2.99. The first-order valence-corrected chi connectivity index (χ1v) is 9.79. The number of aromatic nitrogens is 2. The van der Waals surface area contributed by atoms with Gasteiger partial charge in [0.2, 0.25) is 0 Å². The van der Waals surface area contributed by atoms with Crippen LogP contribution in [0, 0.1) is 13.8 Å². The van der Waals surface area contributed by atoms with Crippen molar-refractivity contribution >= 4 is 27.5 Å². The Morgan fingerprint density at radius 2 is 1.89 bits per heavy atom. The van der Waals surface area contributed by atoms with Gasteiger partial charge in [0.05, 0.1) is 17.9 Å². The van der Waals surface area contributed by atoms with Gasteiger partial charge < -0.3 is 14.8 Å². The molecule has 0 unspecified atom stereocenters. The van der Waals surface area contributed by atoms with Crippen LogP contribution < -0.4 is 14.8 Å². The monoisotopic (exact) mass is 441 g/mol. The number of benzene rings is 2. The van der Waals surface area contributed by atoms with Crippen LogP contribution in [0.3, 0.4) is 0 Å². The molecule has 0 atom stereocenters. The van der Waals surface area contributed by atoms with Gasteiger partial charge in [-0.2, -0.15) is 5.10 Å². The van der Waals surface area contributed by atoms with Crippen molar-refractivity contribution in [3.8, 4) is 11.5 Å². The third-order valence-corrected chi connectivity index (χ3v) is 5.16. The minimum atomic E-state index is -0.187. The first-order chi connectivity index (χ1) is 13.5. The van der Waals surface area contributed by atoms with Crippen LogP contribution in [0.5, 0.6) is 11.5 Å². The van der Waals surface area contributed by atoms with Crippen LogP contribution >= 0.6 is 15.9 Å². The Morgan fingerprint density at radius 3 is 2.61 bits per heavy atom. The van der Waals surface area contributed by atoms with E-state index in [9.17, 15) is 4.79 Å². The normalized spacial score (nSPS) is 12.7. The van der Waals surface area contributed by atoms with E-state index in [-0.39, 0.29) is 5.91 Å². The molecule has 0 radical (unpaired) electrons. The van der Waals surface area contributed by atoms with Crippen molar-refractivity contribution in [2.24, 2.45) is 0 Å². The van der Waals surface area contributed by atoms with Crippen LogP contribution in [-0.4, -0.2) is 28.9 Å². The summed E-state index contributed by atoms with van der Waals surface area (Å²) in [5.74, 6) is 1.11. The summed E-state index contributed by atoms with van der Waals surface area (Å²) in [5.41, 5.74) is 4.31. The second-order valence-electron chi connectivity index (χ2n) is 6.71. The van der Waals surface area contributed by atoms with Crippen molar-refractivity contribution in [1.82, 2.24) is 9.78 Å². The highest BCUT2D eigenvalue weighted by atomic mass is 79.9. The number of nitrogens with one attached hydrogen (secondary N) is 1. The van der Waals surface area contributed by atoms with Gasteiger partial charge in [-0.3, -0.25) is 9.48 Å². The van der Waals surface area contributed by atoms with Gasteiger partial charge >= 0.3 is 0 Å². The van der Waals surface area contributed by atoms with Crippen molar-refractivity contribution < 1.29 is 14.3 Å². The predicted octanol–water partition coefficient (Wildman–Crippen LogP) is 4.33. The summed E-state index contributed by atoms with van der Waals surface area (Å²) in [5, 5.41) is 7.42. The minimum absolute atomic E-state index is 0.187. The third kappa shape index (κ3) is 3.89. The fourth-order valence-corrected chi connectivity index (χ4v) is 3.59. The number of amides is 1. The van der Waals surface area contributed by atoms with E-state index in [2.05, 4.69) is 26.3 Å². The second-order valence-corrected chi connectivity index (χ2v) is 7.57.